The fourth-order valence-electron chi connectivity index (χ4n) is 2.68. The van der Waals surface area contributed by atoms with Crippen molar-refractivity contribution in [1.82, 2.24) is 5.32 Å². The van der Waals surface area contributed by atoms with Crippen LogP contribution in [0.1, 0.15) is 32.6 Å². The van der Waals surface area contributed by atoms with E-state index in [-0.39, 0.29) is 17.6 Å². The minimum atomic E-state index is -0.763. The number of amides is 1. The molecule has 0 spiro atoms. The van der Waals surface area contributed by atoms with Gasteiger partial charge in [-0.25, -0.2) is 8.78 Å². The lowest BCUT2D eigenvalue weighted by Gasteiger charge is -2.23. The maximum absolute atomic E-state index is 13.4. The SMILES string of the molecule is CC1(CNCC(=O)Nc2c(F)cccc2F)CCCC1. The second-order valence-corrected chi connectivity index (χ2v) is 5.77. The van der Waals surface area contributed by atoms with Crippen LogP contribution in [0, 0.1) is 17.0 Å². The van der Waals surface area contributed by atoms with E-state index in [0.717, 1.165) is 31.5 Å². The van der Waals surface area contributed by atoms with E-state index in [0.29, 0.717) is 0 Å². The van der Waals surface area contributed by atoms with Crippen LogP contribution in [0.2, 0.25) is 0 Å². The minimum Gasteiger partial charge on any atom is -0.320 e. The number of para-hydroxylation sites is 1. The first-order valence-corrected chi connectivity index (χ1v) is 6.95. The molecule has 2 N–H and O–H groups in total. The van der Waals surface area contributed by atoms with Gasteiger partial charge in [-0.15, -0.1) is 0 Å². The van der Waals surface area contributed by atoms with Crippen molar-refractivity contribution in [3.63, 3.8) is 0 Å². The van der Waals surface area contributed by atoms with E-state index in [9.17, 15) is 13.6 Å². The number of nitrogens with one attached hydrogen (secondary N) is 2. The molecule has 110 valence electrons. The maximum Gasteiger partial charge on any atom is 0.238 e. The lowest BCUT2D eigenvalue weighted by Crippen LogP contribution is -2.35. The topological polar surface area (TPSA) is 41.1 Å². The molecule has 5 heteroatoms. The molecule has 0 radical (unpaired) electrons. The molecule has 1 fully saturated rings. The Morgan fingerprint density at radius 2 is 1.85 bits per heavy atom. The fourth-order valence-corrected chi connectivity index (χ4v) is 2.68. The molecule has 0 atom stereocenters. The first-order valence-electron chi connectivity index (χ1n) is 6.95. The third kappa shape index (κ3) is 3.76. The average molecular weight is 282 g/mol. The summed E-state index contributed by atoms with van der Waals surface area (Å²) in [6, 6.07) is 3.50. The van der Waals surface area contributed by atoms with E-state index >= 15 is 0 Å². The number of hydrogen-bond donors (Lipinski definition) is 2. The van der Waals surface area contributed by atoms with Crippen molar-refractivity contribution in [3.05, 3.63) is 29.8 Å². The quantitative estimate of drug-likeness (QED) is 0.871. The largest absolute Gasteiger partial charge is 0.320 e. The van der Waals surface area contributed by atoms with Crippen LogP contribution in [-0.4, -0.2) is 19.0 Å². The predicted molar refractivity (Wildman–Crippen MR) is 74.4 cm³/mol. The van der Waals surface area contributed by atoms with Gasteiger partial charge in [-0.05, 0) is 30.4 Å². The normalized spacial score (nSPS) is 17.1. The van der Waals surface area contributed by atoms with Crippen LogP contribution < -0.4 is 10.6 Å². The van der Waals surface area contributed by atoms with Crippen LogP contribution >= 0.6 is 0 Å². The number of carbonyl (C=O) groups excluding carboxylic acids is 1. The lowest BCUT2D eigenvalue weighted by atomic mass is 9.89. The van der Waals surface area contributed by atoms with Crippen molar-refractivity contribution in [2.24, 2.45) is 5.41 Å². The van der Waals surface area contributed by atoms with E-state index in [1.165, 1.54) is 18.9 Å². The highest BCUT2D eigenvalue weighted by molar-refractivity contribution is 5.92. The van der Waals surface area contributed by atoms with E-state index in [2.05, 4.69) is 17.6 Å². The number of benzene rings is 1. The number of rotatable bonds is 5. The number of anilines is 1. The van der Waals surface area contributed by atoms with Gasteiger partial charge in [-0.3, -0.25) is 4.79 Å². The molecule has 20 heavy (non-hydrogen) atoms. The van der Waals surface area contributed by atoms with Crippen LogP contribution in [0.3, 0.4) is 0 Å². The Hall–Kier alpha value is -1.49. The third-order valence-corrected chi connectivity index (χ3v) is 3.88. The Balaban J connectivity index is 1.81. The molecule has 3 nitrogen and oxygen atoms in total. The molecular weight excluding hydrogens is 262 g/mol. The molecular formula is C15H20F2N2O. The number of halogens is 2. The van der Waals surface area contributed by atoms with E-state index in [1.807, 2.05) is 0 Å². The molecule has 0 saturated heterocycles. The molecule has 0 heterocycles. The zero-order valence-corrected chi connectivity index (χ0v) is 11.6. The van der Waals surface area contributed by atoms with Crippen LogP contribution in [-0.2, 0) is 4.79 Å². The number of hydrogen-bond acceptors (Lipinski definition) is 2. The highest BCUT2D eigenvalue weighted by atomic mass is 19.1. The Morgan fingerprint density at radius 3 is 2.45 bits per heavy atom. The van der Waals surface area contributed by atoms with Crippen molar-refractivity contribution in [2.45, 2.75) is 32.6 Å². The summed E-state index contributed by atoms with van der Waals surface area (Å²) in [5.41, 5.74) is -0.143. The minimum absolute atomic E-state index is 0.0589. The summed E-state index contributed by atoms with van der Waals surface area (Å²) >= 11 is 0. The van der Waals surface area contributed by atoms with Crippen LogP contribution in [0.15, 0.2) is 18.2 Å². The molecule has 0 aliphatic heterocycles. The van der Waals surface area contributed by atoms with E-state index in [4.69, 9.17) is 0 Å². The summed E-state index contributed by atoms with van der Waals surface area (Å²) in [5, 5.41) is 5.33. The molecule has 2 rings (SSSR count). The van der Waals surface area contributed by atoms with E-state index < -0.39 is 17.5 Å². The average Bonchev–Trinajstić information content (AvgIpc) is 2.81. The predicted octanol–water partition coefficient (Wildman–Crippen LogP) is 3.07. The fraction of sp³-hybridized carbons (Fsp3) is 0.533. The summed E-state index contributed by atoms with van der Waals surface area (Å²) in [6.45, 7) is 3.00. The maximum atomic E-state index is 13.4. The Morgan fingerprint density at radius 1 is 1.25 bits per heavy atom. The van der Waals surface area contributed by atoms with Crippen molar-refractivity contribution in [3.8, 4) is 0 Å². The van der Waals surface area contributed by atoms with Crippen molar-refractivity contribution < 1.29 is 13.6 Å². The highest BCUT2D eigenvalue weighted by Crippen LogP contribution is 2.36. The van der Waals surface area contributed by atoms with Crippen molar-refractivity contribution >= 4 is 11.6 Å². The van der Waals surface area contributed by atoms with Gasteiger partial charge < -0.3 is 10.6 Å². The first-order chi connectivity index (χ1) is 9.50. The lowest BCUT2D eigenvalue weighted by molar-refractivity contribution is -0.115. The van der Waals surface area contributed by atoms with Gasteiger partial charge in [0.1, 0.15) is 17.3 Å². The summed E-state index contributed by atoms with van der Waals surface area (Å²) in [4.78, 5) is 11.7. The summed E-state index contributed by atoms with van der Waals surface area (Å²) in [5.74, 6) is -1.96. The first kappa shape index (κ1) is 14.9. The van der Waals surface area contributed by atoms with Gasteiger partial charge in [0, 0.05) is 6.54 Å². The molecule has 1 aliphatic rings. The van der Waals surface area contributed by atoms with Gasteiger partial charge in [0.2, 0.25) is 5.91 Å². The molecule has 0 unspecified atom stereocenters. The van der Waals surface area contributed by atoms with Gasteiger partial charge in [0.15, 0.2) is 0 Å². The molecule has 1 aromatic carbocycles. The summed E-state index contributed by atoms with van der Waals surface area (Å²) in [6.07, 6.45) is 4.77. The van der Waals surface area contributed by atoms with Gasteiger partial charge in [-0.2, -0.15) is 0 Å². The standard InChI is InChI=1S/C15H20F2N2O/c1-15(7-2-3-8-15)10-18-9-13(20)19-14-11(16)5-4-6-12(14)17/h4-6,18H,2-3,7-10H2,1H3,(H,19,20). The Kier molecular flexibility index (Phi) is 4.70. The third-order valence-electron chi connectivity index (χ3n) is 3.88. The van der Waals surface area contributed by atoms with Gasteiger partial charge in [0.05, 0.1) is 6.54 Å². The number of carbonyl (C=O) groups is 1. The molecule has 1 saturated carbocycles. The molecule has 0 bridgehead atoms. The van der Waals surface area contributed by atoms with Crippen molar-refractivity contribution in [1.29, 1.82) is 0 Å². The monoisotopic (exact) mass is 282 g/mol. The van der Waals surface area contributed by atoms with Gasteiger partial charge in [0.25, 0.3) is 0 Å². The van der Waals surface area contributed by atoms with E-state index in [1.54, 1.807) is 0 Å². The summed E-state index contributed by atoms with van der Waals surface area (Å²) in [7, 11) is 0. The zero-order valence-electron chi connectivity index (χ0n) is 11.6. The highest BCUT2D eigenvalue weighted by Gasteiger charge is 2.28. The molecule has 1 amide bonds. The Labute approximate surface area is 117 Å². The Bertz CT molecular complexity index is 465. The second-order valence-electron chi connectivity index (χ2n) is 5.77. The summed E-state index contributed by atoms with van der Waals surface area (Å²) < 4.78 is 26.7. The zero-order chi connectivity index (χ0) is 14.6. The van der Waals surface area contributed by atoms with Gasteiger partial charge in [-0.1, -0.05) is 25.8 Å². The molecule has 1 aliphatic carbocycles. The molecule has 1 aromatic rings. The second kappa shape index (κ2) is 6.31. The van der Waals surface area contributed by atoms with Crippen molar-refractivity contribution in [2.75, 3.05) is 18.4 Å². The van der Waals surface area contributed by atoms with Gasteiger partial charge >= 0.3 is 0 Å². The van der Waals surface area contributed by atoms with Crippen LogP contribution in [0.4, 0.5) is 14.5 Å². The van der Waals surface area contributed by atoms with Crippen LogP contribution in [0.5, 0.6) is 0 Å². The molecule has 0 aromatic heterocycles. The van der Waals surface area contributed by atoms with Crippen LogP contribution in [0.25, 0.3) is 0 Å². The smallest absolute Gasteiger partial charge is 0.238 e.